The van der Waals surface area contributed by atoms with Crippen LogP contribution in [0.4, 0.5) is 0 Å². The molecule has 0 N–H and O–H groups in total. The lowest BCUT2D eigenvalue weighted by Crippen LogP contribution is -1.97. The van der Waals surface area contributed by atoms with Crippen LogP contribution in [0.1, 0.15) is 22.3 Å². The molecule has 3 aromatic carbocycles. The summed E-state index contributed by atoms with van der Waals surface area (Å²) in [5.74, 6) is 0. The molecule has 0 amide bonds. The van der Waals surface area contributed by atoms with Gasteiger partial charge >= 0.3 is 0 Å². The smallest absolute Gasteiger partial charge is 0.0534 e. The van der Waals surface area contributed by atoms with E-state index >= 15 is 0 Å². The van der Waals surface area contributed by atoms with E-state index in [1.54, 1.807) is 0 Å². The molecule has 4 rings (SSSR count). The molecule has 0 saturated carbocycles. The van der Waals surface area contributed by atoms with E-state index in [1.165, 1.54) is 38.9 Å². The second-order valence-electron chi connectivity index (χ2n) is 6.55. The number of benzene rings is 3. The molecule has 1 heterocycles. The molecule has 4 aromatic rings. The zero-order valence-electron chi connectivity index (χ0n) is 14.6. The molecular formula is C24H21N. The molecule has 0 bridgehead atoms. The van der Waals surface area contributed by atoms with Crippen LogP contribution in [0, 0.1) is 13.8 Å². The summed E-state index contributed by atoms with van der Waals surface area (Å²) in [6.45, 7) is 4.24. The second-order valence-corrected chi connectivity index (χ2v) is 6.55. The van der Waals surface area contributed by atoms with Crippen LogP contribution in [0.5, 0.6) is 0 Å². The molecule has 0 radical (unpaired) electrons. The largest absolute Gasteiger partial charge is 0.316 e. The number of aromatic nitrogens is 1. The maximum absolute atomic E-state index is 2.28. The average molecular weight is 323 g/mol. The van der Waals surface area contributed by atoms with Crippen LogP contribution in [0.2, 0.25) is 0 Å². The minimum atomic E-state index is 1.19. The molecule has 0 unspecified atom stereocenters. The molecule has 1 heteroatoms. The molecule has 25 heavy (non-hydrogen) atoms. The predicted molar refractivity (Wildman–Crippen MR) is 108 cm³/mol. The summed E-state index contributed by atoms with van der Waals surface area (Å²) in [6, 6.07) is 28.1. The first-order valence-electron chi connectivity index (χ1n) is 8.62. The van der Waals surface area contributed by atoms with Gasteiger partial charge in [0.25, 0.3) is 0 Å². The van der Waals surface area contributed by atoms with Gasteiger partial charge in [0.15, 0.2) is 0 Å². The number of fused-ring (bicyclic) bond motifs is 1. The quantitative estimate of drug-likeness (QED) is 0.390. The van der Waals surface area contributed by atoms with Crippen LogP contribution in [0.25, 0.3) is 22.7 Å². The summed E-state index contributed by atoms with van der Waals surface area (Å²) < 4.78 is 2.28. The van der Waals surface area contributed by atoms with Gasteiger partial charge in [-0.05, 0) is 48.6 Å². The van der Waals surface area contributed by atoms with Gasteiger partial charge in [-0.25, -0.2) is 0 Å². The fourth-order valence-corrected chi connectivity index (χ4v) is 3.13. The lowest BCUT2D eigenvalue weighted by Gasteiger charge is -2.13. The van der Waals surface area contributed by atoms with Crippen LogP contribution in [-0.4, -0.2) is 4.57 Å². The molecule has 122 valence electrons. The normalized spacial score (nSPS) is 11.8. The molecule has 0 fully saturated rings. The van der Waals surface area contributed by atoms with E-state index in [9.17, 15) is 0 Å². The first-order chi connectivity index (χ1) is 12.2. The van der Waals surface area contributed by atoms with E-state index in [4.69, 9.17) is 0 Å². The van der Waals surface area contributed by atoms with E-state index < -0.39 is 0 Å². The number of hydrogen-bond acceptors (Lipinski definition) is 0. The van der Waals surface area contributed by atoms with E-state index in [0.717, 1.165) is 0 Å². The molecule has 1 nitrogen and oxygen atoms in total. The Kier molecular flexibility index (Phi) is 3.99. The highest BCUT2D eigenvalue weighted by Gasteiger charge is 2.08. The minimum absolute atomic E-state index is 1.19. The van der Waals surface area contributed by atoms with Gasteiger partial charge in [-0.3, -0.25) is 0 Å². The van der Waals surface area contributed by atoms with Gasteiger partial charge in [-0.2, -0.15) is 0 Å². The van der Waals surface area contributed by atoms with Crippen molar-refractivity contribution in [3.05, 3.63) is 107 Å². The molecule has 0 aliphatic heterocycles. The van der Waals surface area contributed by atoms with Crippen molar-refractivity contribution in [2.75, 3.05) is 0 Å². The summed E-state index contributed by atoms with van der Waals surface area (Å²) in [5.41, 5.74) is 7.38. The van der Waals surface area contributed by atoms with Gasteiger partial charge in [0.2, 0.25) is 0 Å². The number of nitrogens with zero attached hydrogens (tertiary/aromatic N) is 1. The SMILES string of the molecule is Cc1ccc(/C=C(/c2ccc(C)cc2)n2ccc3ccccc32)cc1. The Morgan fingerprint density at radius 1 is 0.720 bits per heavy atom. The highest BCUT2D eigenvalue weighted by molar-refractivity contribution is 5.90. The van der Waals surface area contributed by atoms with Crippen LogP contribution < -0.4 is 0 Å². The van der Waals surface area contributed by atoms with Crippen molar-refractivity contribution in [3.63, 3.8) is 0 Å². The summed E-state index contributed by atoms with van der Waals surface area (Å²) in [5, 5.41) is 1.25. The Hall–Kier alpha value is -3.06. The number of para-hydroxylation sites is 1. The summed E-state index contributed by atoms with van der Waals surface area (Å²) >= 11 is 0. The van der Waals surface area contributed by atoms with Crippen molar-refractivity contribution < 1.29 is 0 Å². The molecule has 0 aliphatic carbocycles. The van der Waals surface area contributed by atoms with Gasteiger partial charge in [-0.15, -0.1) is 0 Å². The van der Waals surface area contributed by atoms with E-state index in [0.29, 0.717) is 0 Å². The van der Waals surface area contributed by atoms with Crippen molar-refractivity contribution in [2.45, 2.75) is 13.8 Å². The Morgan fingerprint density at radius 2 is 1.36 bits per heavy atom. The fraction of sp³-hybridized carbons (Fsp3) is 0.0833. The highest BCUT2D eigenvalue weighted by Crippen LogP contribution is 2.26. The highest BCUT2D eigenvalue weighted by atomic mass is 15.0. The van der Waals surface area contributed by atoms with Crippen LogP contribution in [-0.2, 0) is 0 Å². The van der Waals surface area contributed by atoms with Gasteiger partial charge in [0.05, 0.1) is 11.2 Å². The predicted octanol–water partition coefficient (Wildman–Crippen LogP) is 6.30. The Balaban J connectivity index is 1.92. The topological polar surface area (TPSA) is 4.93 Å². The van der Waals surface area contributed by atoms with Gasteiger partial charge in [-0.1, -0.05) is 77.9 Å². The molecular weight excluding hydrogens is 302 g/mol. The van der Waals surface area contributed by atoms with Crippen LogP contribution >= 0.6 is 0 Å². The van der Waals surface area contributed by atoms with Crippen molar-refractivity contribution in [2.24, 2.45) is 0 Å². The molecule has 0 saturated heterocycles. The standard InChI is InChI=1S/C24H21N/c1-18-7-11-20(12-8-18)17-24(22-13-9-19(2)10-14-22)25-16-15-21-5-3-4-6-23(21)25/h3-17H,1-2H3/b24-17-. The number of aryl methyl sites for hydroxylation is 2. The Bertz CT molecular complexity index is 1030. The second kappa shape index (κ2) is 6.45. The van der Waals surface area contributed by atoms with E-state index in [2.05, 4.69) is 110 Å². The lowest BCUT2D eigenvalue weighted by molar-refractivity contribution is 1.17. The molecule has 1 aromatic heterocycles. The lowest BCUT2D eigenvalue weighted by atomic mass is 10.1. The van der Waals surface area contributed by atoms with Gasteiger partial charge < -0.3 is 4.57 Å². The van der Waals surface area contributed by atoms with Gasteiger partial charge in [0, 0.05) is 6.20 Å². The molecule has 0 spiro atoms. The average Bonchev–Trinajstić information content (AvgIpc) is 3.06. The van der Waals surface area contributed by atoms with Crippen molar-refractivity contribution in [1.82, 2.24) is 4.57 Å². The number of hydrogen-bond donors (Lipinski definition) is 0. The third-order valence-corrected chi connectivity index (χ3v) is 4.59. The maximum Gasteiger partial charge on any atom is 0.0534 e. The Labute approximate surface area is 148 Å². The van der Waals surface area contributed by atoms with Crippen molar-refractivity contribution in [1.29, 1.82) is 0 Å². The first-order valence-corrected chi connectivity index (χ1v) is 8.62. The monoisotopic (exact) mass is 323 g/mol. The number of rotatable bonds is 3. The van der Waals surface area contributed by atoms with Gasteiger partial charge in [0.1, 0.15) is 0 Å². The van der Waals surface area contributed by atoms with E-state index in [-0.39, 0.29) is 0 Å². The van der Waals surface area contributed by atoms with E-state index in [1.807, 2.05) is 0 Å². The van der Waals surface area contributed by atoms with Crippen LogP contribution in [0.15, 0.2) is 85.1 Å². The summed E-state index contributed by atoms with van der Waals surface area (Å²) in [4.78, 5) is 0. The maximum atomic E-state index is 2.28. The fourth-order valence-electron chi connectivity index (χ4n) is 3.13. The first kappa shape index (κ1) is 15.5. The summed E-state index contributed by atoms with van der Waals surface area (Å²) in [7, 11) is 0. The van der Waals surface area contributed by atoms with Crippen molar-refractivity contribution >= 4 is 22.7 Å². The third-order valence-electron chi connectivity index (χ3n) is 4.59. The molecule has 0 atom stereocenters. The molecule has 0 aliphatic rings. The Morgan fingerprint density at radius 3 is 2.08 bits per heavy atom. The zero-order valence-corrected chi connectivity index (χ0v) is 14.6. The zero-order chi connectivity index (χ0) is 17.2. The van der Waals surface area contributed by atoms with Crippen molar-refractivity contribution in [3.8, 4) is 0 Å². The minimum Gasteiger partial charge on any atom is -0.316 e. The third kappa shape index (κ3) is 3.14. The summed E-state index contributed by atoms with van der Waals surface area (Å²) in [6.07, 6.45) is 4.42. The van der Waals surface area contributed by atoms with Crippen LogP contribution in [0.3, 0.4) is 0 Å².